The number of pyridine rings is 1. The SMILES string of the molecule is N=C(C(=O)Nc1nc2ccc(N)nc2s1)c1ccc(S(=O)(=O)C2CC2)cc1. The summed E-state index contributed by atoms with van der Waals surface area (Å²) in [5.74, 6) is -0.280. The second-order valence-electron chi connectivity index (χ2n) is 6.18. The van der Waals surface area contributed by atoms with Gasteiger partial charge in [-0.3, -0.25) is 15.5 Å². The highest BCUT2D eigenvalue weighted by atomic mass is 32.2. The van der Waals surface area contributed by atoms with Crippen molar-refractivity contribution in [2.75, 3.05) is 11.1 Å². The van der Waals surface area contributed by atoms with E-state index in [9.17, 15) is 13.2 Å². The molecule has 2 heterocycles. The van der Waals surface area contributed by atoms with Crippen LogP contribution in [-0.2, 0) is 14.6 Å². The molecule has 3 aromatic rings. The first kappa shape index (κ1) is 17.6. The topological polar surface area (TPSA) is 139 Å². The first-order valence-corrected chi connectivity index (χ1v) is 10.5. The van der Waals surface area contributed by atoms with Gasteiger partial charge in [-0.2, -0.15) is 0 Å². The molecule has 27 heavy (non-hydrogen) atoms. The maximum absolute atomic E-state index is 12.3. The van der Waals surface area contributed by atoms with Gasteiger partial charge in [0.05, 0.1) is 10.1 Å². The lowest BCUT2D eigenvalue weighted by Crippen LogP contribution is -2.22. The number of rotatable bonds is 5. The lowest BCUT2D eigenvalue weighted by atomic mass is 10.1. The highest BCUT2D eigenvalue weighted by molar-refractivity contribution is 7.92. The number of aromatic nitrogens is 2. The van der Waals surface area contributed by atoms with Crippen LogP contribution in [0.3, 0.4) is 0 Å². The predicted octanol–water partition coefficient (Wildman–Crippen LogP) is 2.22. The van der Waals surface area contributed by atoms with Crippen molar-refractivity contribution in [3.63, 3.8) is 0 Å². The number of hydrogen-bond donors (Lipinski definition) is 3. The summed E-state index contributed by atoms with van der Waals surface area (Å²) in [5.41, 5.74) is 6.27. The largest absolute Gasteiger partial charge is 0.384 e. The van der Waals surface area contributed by atoms with Gasteiger partial charge in [-0.05, 0) is 37.1 Å². The monoisotopic (exact) mass is 401 g/mol. The van der Waals surface area contributed by atoms with Crippen LogP contribution >= 0.6 is 11.3 Å². The van der Waals surface area contributed by atoms with Gasteiger partial charge in [-0.15, -0.1) is 0 Å². The number of amides is 1. The van der Waals surface area contributed by atoms with E-state index in [0.717, 1.165) is 11.3 Å². The van der Waals surface area contributed by atoms with Gasteiger partial charge in [0.15, 0.2) is 15.0 Å². The molecule has 0 bridgehead atoms. The van der Waals surface area contributed by atoms with Crippen LogP contribution in [0.1, 0.15) is 18.4 Å². The van der Waals surface area contributed by atoms with E-state index < -0.39 is 15.7 Å². The van der Waals surface area contributed by atoms with Crippen LogP contribution in [0.25, 0.3) is 10.3 Å². The number of anilines is 2. The summed E-state index contributed by atoms with van der Waals surface area (Å²) in [6, 6.07) is 9.14. The molecule has 138 valence electrons. The van der Waals surface area contributed by atoms with E-state index in [1.54, 1.807) is 12.1 Å². The Balaban J connectivity index is 1.50. The Kier molecular flexibility index (Phi) is 4.16. The van der Waals surface area contributed by atoms with Gasteiger partial charge in [0.1, 0.15) is 21.9 Å². The molecule has 1 saturated carbocycles. The molecule has 1 fully saturated rings. The maximum Gasteiger partial charge on any atom is 0.275 e. The number of sulfone groups is 1. The van der Waals surface area contributed by atoms with Crippen LogP contribution in [0.4, 0.5) is 10.9 Å². The normalized spacial score (nSPS) is 14.2. The van der Waals surface area contributed by atoms with Crippen molar-refractivity contribution < 1.29 is 13.2 Å². The first-order chi connectivity index (χ1) is 12.8. The molecule has 0 atom stereocenters. The van der Waals surface area contributed by atoms with E-state index in [4.69, 9.17) is 11.1 Å². The number of carbonyl (C=O) groups excluding carboxylic acids is 1. The van der Waals surface area contributed by atoms with Crippen LogP contribution in [-0.4, -0.2) is 35.3 Å². The van der Waals surface area contributed by atoms with Crippen molar-refractivity contribution in [3.05, 3.63) is 42.0 Å². The Hall–Kier alpha value is -2.85. The van der Waals surface area contributed by atoms with Gasteiger partial charge in [-0.25, -0.2) is 18.4 Å². The van der Waals surface area contributed by atoms with Crippen LogP contribution in [0.5, 0.6) is 0 Å². The standard InChI is InChI=1S/C17H15N5O3S2/c18-13-8-7-12-16(21-13)26-17(20-12)22-15(23)14(19)9-1-3-10(4-2-9)27(24,25)11-5-6-11/h1-4,7-8,11,19H,5-6H2,(H2,18,21)(H,20,22,23). The third-order valence-electron chi connectivity index (χ3n) is 4.16. The molecule has 0 spiro atoms. The fourth-order valence-electron chi connectivity index (χ4n) is 2.56. The molecule has 1 aliphatic rings. The average Bonchev–Trinajstić information content (AvgIpc) is 3.43. The van der Waals surface area contributed by atoms with Gasteiger partial charge in [0.2, 0.25) is 0 Å². The molecule has 0 aliphatic heterocycles. The molecule has 0 saturated heterocycles. The van der Waals surface area contributed by atoms with Crippen molar-refractivity contribution >= 4 is 54.1 Å². The Morgan fingerprint density at radius 1 is 1.15 bits per heavy atom. The minimum Gasteiger partial charge on any atom is -0.384 e. The number of nitrogens with two attached hydrogens (primary N) is 1. The van der Waals surface area contributed by atoms with Gasteiger partial charge >= 0.3 is 0 Å². The summed E-state index contributed by atoms with van der Waals surface area (Å²) in [6.45, 7) is 0. The lowest BCUT2D eigenvalue weighted by Gasteiger charge is -2.06. The van der Waals surface area contributed by atoms with Gasteiger partial charge in [0.25, 0.3) is 5.91 Å². The Bertz CT molecular complexity index is 1170. The summed E-state index contributed by atoms with van der Waals surface area (Å²) in [7, 11) is -3.29. The fourth-order valence-corrected chi connectivity index (χ4v) is 5.05. The quantitative estimate of drug-likeness (QED) is 0.560. The second kappa shape index (κ2) is 6.39. The summed E-state index contributed by atoms with van der Waals surface area (Å²) in [6.07, 6.45) is 1.37. The highest BCUT2D eigenvalue weighted by Crippen LogP contribution is 2.33. The number of hydrogen-bond acceptors (Lipinski definition) is 8. The van der Waals surface area contributed by atoms with Crippen LogP contribution in [0, 0.1) is 5.41 Å². The predicted molar refractivity (Wildman–Crippen MR) is 104 cm³/mol. The molecule has 4 N–H and O–H groups in total. The molecule has 2 aromatic heterocycles. The smallest absolute Gasteiger partial charge is 0.275 e. The number of nitrogen functional groups attached to an aromatic ring is 1. The molecule has 0 unspecified atom stereocenters. The number of carbonyl (C=O) groups is 1. The number of nitrogens with zero attached hydrogens (tertiary/aromatic N) is 2. The molecule has 8 nitrogen and oxygen atoms in total. The van der Waals surface area contributed by atoms with E-state index in [1.807, 2.05) is 0 Å². The number of fused-ring (bicyclic) bond motifs is 1. The zero-order chi connectivity index (χ0) is 19.2. The van der Waals surface area contributed by atoms with Crippen LogP contribution < -0.4 is 11.1 Å². The van der Waals surface area contributed by atoms with Gasteiger partial charge in [-0.1, -0.05) is 23.5 Å². The Morgan fingerprint density at radius 2 is 1.85 bits per heavy atom. The number of nitrogens with one attached hydrogen (secondary N) is 2. The summed E-state index contributed by atoms with van der Waals surface area (Å²) >= 11 is 1.16. The summed E-state index contributed by atoms with van der Waals surface area (Å²) in [5, 5.41) is 10.6. The summed E-state index contributed by atoms with van der Waals surface area (Å²) < 4.78 is 24.4. The third kappa shape index (κ3) is 3.40. The van der Waals surface area contributed by atoms with Crippen molar-refractivity contribution in [1.82, 2.24) is 9.97 Å². The molecule has 10 heteroatoms. The minimum absolute atomic E-state index is 0.219. The van der Waals surface area contributed by atoms with Gasteiger partial charge in [0, 0.05) is 5.56 Å². The number of benzene rings is 1. The Labute approximate surface area is 158 Å². The molecular weight excluding hydrogens is 386 g/mol. The van der Waals surface area contributed by atoms with Crippen molar-refractivity contribution in [3.8, 4) is 0 Å². The van der Waals surface area contributed by atoms with Crippen molar-refractivity contribution in [1.29, 1.82) is 5.41 Å². The molecule has 0 radical (unpaired) electrons. The number of thiazole rings is 1. The van der Waals surface area contributed by atoms with E-state index in [-0.39, 0.29) is 15.9 Å². The zero-order valence-electron chi connectivity index (χ0n) is 14.0. The minimum atomic E-state index is -3.29. The van der Waals surface area contributed by atoms with Crippen molar-refractivity contribution in [2.45, 2.75) is 23.0 Å². The van der Waals surface area contributed by atoms with Crippen LogP contribution in [0.15, 0.2) is 41.3 Å². The lowest BCUT2D eigenvalue weighted by molar-refractivity contribution is -0.110. The van der Waals surface area contributed by atoms with Crippen LogP contribution in [0.2, 0.25) is 0 Å². The van der Waals surface area contributed by atoms with Gasteiger partial charge < -0.3 is 5.73 Å². The molecule has 1 aromatic carbocycles. The molecule has 1 amide bonds. The van der Waals surface area contributed by atoms with E-state index in [2.05, 4.69) is 15.3 Å². The average molecular weight is 401 g/mol. The third-order valence-corrected chi connectivity index (χ3v) is 7.32. The maximum atomic E-state index is 12.3. The van der Waals surface area contributed by atoms with Crippen molar-refractivity contribution in [2.24, 2.45) is 0 Å². The van der Waals surface area contributed by atoms with E-state index in [1.165, 1.54) is 24.3 Å². The molecular formula is C17H15N5O3S2. The van der Waals surface area contributed by atoms with E-state index >= 15 is 0 Å². The fraction of sp³-hybridized carbons (Fsp3) is 0.176. The highest BCUT2D eigenvalue weighted by Gasteiger charge is 2.36. The molecule has 1 aliphatic carbocycles. The summed E-state index contributed by atoms with van der Waals surface area (Å²) in [4.78, 5) is 21.5. The zero-order valence-corrected chi connectivity index (χ0v) is 15.6. The first-order valence-electron chi connectivity index (χ1n) is 8.12. The molecule has 4 rings (SSSR count). The Morgan fingerprint density at radius 3 is 2.52 bits per heavy atom. The van der Waals surface area contributed by atoms with E-state index in [0.29, 0.717) is 39.7 Å². The second-order valence-corrected chi connectivity index (χ2v) is 9.38.